The molecular weight excluding hydrogens is 280 g/mol. The molecule has 6 nitrogen and oxygen atoms in total. The van der Waals surface area contributed by atoms with E-state index in [9.17, 15) is 14.9 Å². The molecule has 0 radical (unpaired) electrons. The number of ether oxygens (including phenoxy) is 1. The van der Waals surface area contributed by atoms with Crippen molar-refractivity contribution in [1.82, 2.24) is 0 Å². The molecule has 7 heteroatoms. The third-order valence-electron chi connectivity index (χ3n) is 2.43. The summed E-state index contributed by atoms with van der Waals surface area (Å²) in [5, 5.41) is 13.2. The zero-order valence-corrected chi connectivity index (χ0v) is 11.5. The number of nitro groups is 1. The third-order valence-corrected chi connectivity index (χ3v) is 3.47. The van der Waals surface area contributed by atoms with Crippen LogP contribution in [-0.4, -0.2) is 17.4 Å². The molecule has 0 aliphatic rings. The number of para-hydroxylation sites is 2. The largest absolute Gasteiger partial charge is 0.492 e. The van der Waals surface area contributed by atoms with Crippen molar-refractivity contribution in [3.8, 4) is 5.75 Å². The molecule has 0 fully saturated rings. The summed E-state index contributed by atoms with van der Waals surface area (Å²) in [5.74, 6) is 0.171. The van der Waals surface area contributed by atoms with Gasteiger partial charge < -0.3 is 10.1 Å². The highest BCUT2D eigenvalue weighted by molar-refractivity contribution is 7.17. The Hall–Kier alpha value is -2.41. The van der Waals surface area contributed by atoms with Crippen LogP contribution in [0.25, 0.3) is 0 Å². The summed E-state index contributed by atoms with van der Waals surface area (Å²) in [6, 6.07) is 9.78. The average Bonchev–Trinajstić information content (AvgIpc) is 2.91. The second-order valence-electron chi connectivity index (χ2n) is 3.78. The minimum atomic E-state index is -0.518. The van der Waals surface area contributed by atoms with Gasteiger partial charge in [0.1, 0.15) is 5.75 Å². The van der Waals surface area contributed by atoms with Crippen molar-refractivity contribution >= 4 is 27.9 Å². The van der Waals surface area contributed by atoms with Crippen molar-refractivity contribution in [1.29, 1.82) is 0 Å². The Kier molecular flexibility index (Phi) is 4.31. The summed E-state index contributed by atoms with van der Waals surface area (Å²) >= 11 is 0.836. The molecule has 0 bridgehead atoms. The Labute approximate surface area is 119 Å². The first-order valence-corrected chi connectivity index (χ1v) is 6.71. The van der Waals surface area contributed by atoms with E-state index in [0.29, 0.717) is 18.0 Å². The molecule has 0 unspecified atom stereocenters. The number of rotatable bonds is 5. The van der Waals surface area contributed by atoms with E-state index in [0.717, 1.165) is 11.3 Å². The van der Waals surface area contributed by atoms with E-state index in [1.54, 1.807) is 24.3 Å². The number of anilines is 1. The van der Waals surface area contributed by atoms with Crippen LogP contribution in [0.15, 0.2) is 36.4 Å². The van der Waals surface area contributed by atoms with Gasteiger partial charge in [-0.1, -0.05) is 23.5 Å². The lowest BCUT2D eigenvalue weighted by Crippen LogP contribution is -2.11. The zero-order valence-electron chi connectivity index (χ0n) is 10.7. The molecule has 0 saturated heterocycles. The van der Waals surface area contributed by atoms with Gasteiger partial charge in [0, 0.05) is 6.07 Å². The van der Waals surface area contributed by atoms with E-state index in [1.165, 1.54) is 12.1 Å². The minimum Gasteiger partial charge on any atom is -0.492 e. The van der Waals surface area contributed by atoms with Gasteiger partial charge in [-0.05, 0) is 25.1 Å². The standard InChI is InChI=1S/C13H12N2O4S/c1-2-19-10-6-4-3-5-9(10)14-13(16)11-7-8-12(20-11)15(17)18/h3-8H,2H2,1H3,(H,14,16). The van der Waals surface area contributed by atoms with Gasteiger partial charge in [0.15, 0.2) is 0 Å². The van der Waals surface area contributed by atoms with E-state index in [4.69, 9.17) is 4.74 Å². The zero-order chi connectivity index (χ0) is 14.5. The van der Waals surface area contributed by atoms with Crippen LogP contribution in [-0.2, 0) is 0 Å². The van der Waals surface area contributed by atoms with Crippen molar-refractivity contribution in [3.63, 3.8) is 0 Å². The second kappa shape index (κ2) is 6.16. The molecule has 1 heterocycles. The normalized spacial score (nSPS) is 10.1. The molecular formula is C13H12N2O4S. The first-order chi connectivity index (χ1) is 9.61. The van der Waals surface area contributed by atoms with E-state index in [2.05, 4.69) is 5.32 Å². The van der Waals surface area contributed by atoms with Gasteiger partial charge >= 0.3 is 5.00 Å². The maximum absolute atomic E-state index is 12.0. The summed E-state index contributed by atoms with van der Waals surface area (Å²) in [4.78, 5) is 22.4. The van der Waals surface area contributed by atoms with Gasteiger partial charge in [0.25, 0.3) is 5.91 Å². The number of thiophene rings is 1. The topological polar surface area (TPSA) is 81.5 Å². The minimum absolute atomic E-state index is 0.0618. The summed E-state index contributed by atoms with van der Waals surface area (Å²) in [6.07, 6.45) is 0. The highest BCUT2D eigenvalue weighted by Gasteiger charge is 2.16. The van der Waals surface area contributed by atoms with Crippen molar-refractivity contribution in [2.75, 3.05) is 11.9 Å². The Morgan fingerprint density at radius 3 is 2.75 bits per heavy atom. The lowest BCUT2D eigenvalue weighted by atomic mass is 10.3. The molecule has 2 rings (SSSR count). The predicted octanol–water partition coefficient (Wildman–Crippen LogP) is 3.31. The van der Waals surface area contributed by atoms with Gasteiger partial charge in [-0.25, -0.2) is 0 Å². The lowest BCUT2D eigenvalue weighted by Gasteiger charge is -2.10. The second-order valence-corrected chi connectivity index (χ2v) is 4.84. The number of benzene rings is 1. The van der Waals surface area contributed by atoms with Crippen molar-refractivity contribution < 1.29 is 14.5 Å². The Balaban J connectivity index is 2.16. The quantitative estimate of drug-likeness (QED) is 0.677. The molecule has 1 aromatic carbocycles. The van der Waals surface area contributed by atoms with Crippen molar-refractivity contribution in [2.45, 2.75) is 6.92 Å². The molecule has 1 aromatic heterocycles. The Morgan fingerprint density at radius 1 is 1.35 bits per heavy atom. The molecule has 0 aliphatic carbocycles. The fraction of sp³-hybridized carbons (Fsp3) is 0.154. The number of amides is 1. The number of nitrogens with zero attached hydrogens (tertiary/aromatic N) is 1. The van der Waals surface area contributed by atoms with Crippen LogP contribution in [0.4, 0.5) is 10.7 Å². The maximum atomic E-state index is 12.0. The van der Waals surface area contributed by atoms with Crippen molar-refractivity contribution in [2.24, 2.45) is 0 Å². The highest BCUT2D eigenvalue weighted by atomic mass is 32.1. The van der Waals surface area contributed by atoms with Crippen LogP contribution in [0, 0.1) is 10.1 Å². The van der Waals surface area contributed by atoms with Gasteiger partial charge in [-0.2, -0.15) is 0 Å². The number of hydrogen-bond donors (Lipinski definition) is 1. The number of nitrogens with one attached hydrogen (secondary N) is 1. The first kappa shape index (κ1) is 14.0. The van der Waals surface area contributed by atoms with Crippen LogP contribution in [0.3, 0.4) is 0 Å². The summed E-state index contributed by atoms with van der Waals surface area (Å²) in [5.41, 5.74) is 0.537. The Morgan fingerprint density at radius 2 is 2.10 bits per heavy atom. The number of carbonyl (C=O) groups excluding carboxylic acids is 1. The monoisotopic (exact) mass is 292 g/mol. The van der Waals surface area contributed by atoms with Crippen LogP contribution >= 0.6 is 11.3 Å². The molecule has 0 atom stereocenters. The van der Waals surface area contributed by atoms with Gasteiger partial charge in [0.2, 0.25) is 0 Å². The lowest BCUT2D eigenvalue weighted by molar-refractivity contribution is -0.380. The third kappa shape index (κ3) is 3.12. The van der Waals surface area contributed by atoms with Crippen LogP contribution in [0.2, 0.25) is 0 Å². The molecule has 0 saturated carbocycles. The fourth-order valence-corrected chi connectivity index (χ4v) is 2.30. The maximum Gasteiger partial charge on any atom is 0.324 e. The van der Waals surface area contributed by atoms with Crippen molar-refractivity contribution in [3.05, 3.63) is 51.4 Å². The van der Waals surface area contributed by atoms with Crippen LogP contribution in [0.5, 0.6) is 5.75 Å². The first-order valence-electron chi connectivity index (χ1n) is 5.89. The van der Waals surface area contributed by atoms with Gasteiger partial charge in [-0.3, -0.25) is 14.9 Å². The van der Waals surface area contributed by atoms with E-state index in [-0.39, 0.29) is 9.88 Å². The summed E-state index contributed by atoms with van der Waals surface area (Å²) in [6.45, 7) is 2.33. The Bertz CT molecular complexity index is 639. The van der Waals surface area contributed by atoms with E-state index < -0.39 is 10.8 Å². The van der Waals surface area contributed by atoms with E-state index >= 15 is 0 Å². The molecule has 0 aliphatic heterocycles. The van der Waals surface area contributed by atoms with E-state index in [1.807, 2.05) is 6.92 Å². The molecule has 1 N–H and O–H groups in total. The molecule has 1 amide bonds. The molecule has 104 valence electrons. The molecule has 2 aromatic rings. The molecule has 20 heavy (non-hydrogen) atoms. The van der Waals surface area contributed by atoms with Gasteiger partial charge in [-0.15, -0.1) is 0 Å². The summed E-state index contributed by atoms with van der Waals surface area (Å²) < 4.78 is 5.40. The number of hydrogen-bond acceptors (Lipinski definition) is 5. The SMILES string of the molecule is CCOc1ccccc1NC(=O)c1ccc([N+](=O)[O-])s1. The summed E-state index contributed by atoms with van der Waals surface area (Å²) in [7, 11) is 0. The van der Waals surface area contributed by atoms with Gasteiger partial charge in [0.05, 0.1) is 22.1 Å². The number of carbonyl (C=O) groups is 1. The molecule has 0 spiro atoms. The fourth-order valence-electron chi connectivity index (χ4n) is 1.58. The van der Waals surface area contributed by atoms with Crippen LogP contribution < -0.4 is 10.1 Å². The predicted molar refractivity (Wildman–Crippen MR) is 76.5 cm³/mol. The average molecular weight is 292 g/mol. The highest BCUT2D eigenvalue weighted by Crippen LogP contribution is 2.27. The van der Waals surface area contributed by atoms with Crippen LogP contribution in [0.1, 0.15) is 16.6 Å². The smallest absolute Gasteiger partial charge is 0.324 e.